The fourth-order valence-electron chi connectivity index (χ4n) is 5.29. The van der Waals surface area contributed by atoms with Crippen molar-refractivity contribution in [2.24, 2.45) is 0 Å². The Morgan fingerprint density at radius 1 is 0.875 bits per heavy atom. The first-order chi connectivity index (χ1) is 18.7. The molecule has 0 amide bonds. The Hall–Kier alpha value is -4.18. The molecule has 0 fully saturated rings. The van der Waals surface area contributed by atoms with E-state index in [4.69, 9.17) is 0 Å². The molecule has 0 saturated carbocycles. The van der Waals surface area contributed by atoms with E-state index in [1.54, 1.807) is 42.5 Å². The molecule has 1 aromatic heterocycles. The zero-order chi connectivity index (χ0) is 27.7. The van der Waals surface area contributed by atoms with E-state index in [-0.39, 0.29) is 37.5 Å². The van der Waals surface area contributed by atoms with Crippen molar-refractivity contribution in [2.45, 2.75) is 19.3 Å². The average Bonchev–Trinajstić information content (AvgIpc) is 2.95. The predicted molar refractivity (Wildman–Crippen MR) is 155 cm³/mol. The van der Waals surface area contributed by atoms with Crippen LogP contribution in [0.25, 0.3) is 27.8 Å². The summed E-state index contributed by atoms with van der Waals surface area (Å²) in [5.41, 5.74) is 5.30. The molecule has 1 radical (unpaired) electrons. The second-order valence-corrected chi connectivity index (χ2v) is 10.1. The van der Waals surface area contributed by atoms with E-state index in [0.29, 0.717) is 16.7 Å². The maximum Gasteiger partial charge on any atom is 0.189 e. The van der Waals surface area contributed by atoms with Gasteiger partial charge in [0.2, 0.25) is 0 Å². The van der Waals surface area contributed by atoms with Crippen LogP contribution in [-0.2, 0) is 25.5 Å². The number of ketones is 1. The van der Waals surface area contributed by atoms with E-state index in [0.717, 1.165) is 33.2 Å². The first-order valence-electron chi connectivity index (χ1n) is 12.7. The number of allylic oxidation sites excluding steroid dienone is 1. The molecular formula is C35H29FIrNO2-. The molecule has 0 aliphatic heterocycles. The smallest absolute Gasteiger partial charge is 0.189 e. The van der Waals surface area contributed by atoms with Gasteiger partial charge in [0.1, 0.15) is 11.6 Å². The second kappa shape index (κ2) is 11.5. The van der Waals surface area contributed by atoms with Gasteiger partial charge >= 0.3 is 0 Å². The predicted octanol–water partition coefficient (Wildman–Crippen LogP) is 7.86. The van der Waals surface area contributed by atoms with Crippen molar-refractivity contribution in [3.05, 3.63) is 157 Å². The molecule has 203 valence electrons. The van der Waals surface area contributed by atoms with E-state index in [9.17, 15) is 14.3 Å². The van der Waals surface area contributed by atoms with Crippen LogP contribution in [0.1, 0.15) is 46.5 Å². The van der Waals surface area contributed by atoms with Gasteiger partial charge in [-0.3, -0.25) is 4.79 Å². The third kappa shape index (κ3) is 5.18. The molecule has 5 aromatic rings. The zero-order valence-electron chi connectivity index (χ0n) is 22.3. The fraction of sp³-hybridized carbons (Fsp3) is 0.0857. The Balaban J connectivity index is 0.000000187. The number of halogens is 1. The van der Waals surface area contributed by atoms with Crippen molar-refractivity contribution in [3.63, 3.8) is 0 Å². The first kappa shape index (κ1) is 28.8. The summed E-state index contributed by atoms with van der Waals surface area (Å²) in [6, 6.07) is 29.4. The molecule has 0 atom stereocenters. The molecule has 1 aliphatic carbocycles. The second-order valence-electron chi connectivity index (χ2n) is 10.1. The number of aliphatic hydroxyl groups excluding tert-OH is 1. The Kier molecular flexibility index (Phi) is 8.29. The van der Waals surface area contributed by atoms with Gasteiger partial charge in [-0.2, -0.15) is 18.6 Å². The maximum absolute atomic E-state index is 14.7. The van der Waals surface area contributed by atoms with Crippen molar-refractivity contribution in [3.8, 4) is 11.3 Å². The van der Waals surface area contributed by atoms with Gasteiger partial charge in [-0.05, 0) is 22.4 Å². The largest absolute Gasteiger partial charge is 0.507 e. The summed E-state index contributed by atoms with van der Waals surface area (Å²) in [5, 5.41) is 12.1. The number of fused-ring (bicyclic) bond motifs is 2. The van der Waals surface area contributed by atoms with Crippen molar-refractivity contribution >= 4 is 22.3 Å². The Morgan fingerprint density at radius 3 is 2.15 bits per heavy atom. The Morgan fingerprint density at radius 2 is 1.50 bits per heavy atom. The van der Waals surface area contributed by atoms with Gasteiger partial charge in [-0.1, -0.05) is 104 Å². The number of aromatic nitrogens is 1. The maximum atomic E-state index is 14.7. The van der Waals surface area contributed by atoms with Crippen LogP contribution in [0.5, 0.6) is 0 Å². The fourth-order valence-corrected chi connectivity index (χ4v) is 5.29. The van der Waals surface area contributed by atoms with Crippen LogP contribution < -0.4 is 4.57 Å². The van der Waals surface area contributed by atoms with Crippen LogP contribution in [0.3, 0.4) is 0 Å². The van der Waals surface area contributed by atoms with E-state index >= 15 is 0 Å². The first-order valence-corrected chi connectivity index (χ1v) is 12.7. The zero-order valence-corrected chi connectivity index (χ0v) is 24.7. The van der Waals surface area contributed by atoms with Crippen LogP contribution in [0.4, 0.5) is 4.39 Å². The number of rotatable bonds is 3. The Bertz CT molecular complexity index is 1730. The number of carbonyl (C=O) groups excluding carboxylic acids is 1. The number of carbonyl (C=O) groups is 1. The van der Waals surface area contributed by atoms with Crippen LogP contribution >= 0.6 is 0 Å². The van der Waals surface area contributed by atoms with Crippen molar-refractivity contribution < 1.29 is 39.0 Å². The molecule has 1 heterocycles. The van der Waals surface area contributed by atoms with Crippen LogP contribution in [0, 0.1) is 19.8 Å². The molecule has 1 N–H and O–H groups in total. The summed E-state index contributed by atoms with van der Waals surface area (Å²) >= 11 is 0. The molecule has 0 bridgehead atoms. The number of pyridine rings is 1. The monoisotopic (exact) mass is 707 g/mol. The molecule has 0 spiro atoms. The van der Waals surface area contributed by atoms with E-state index in [1.165, 1.54) is 12.1 Å². The molecule has 3 nitrogen and oxygen atoms in total. The minimum absolute atomic E-state index is 0. The standard InChI is InChI=1S/C20H17FN.C15H12O2.Ir/c1-12-8-9-15(21)18-16(12)19-17-13(10-11-22(19)4)6-5-7-14(17)20(18,2)3;16-14(12-7-3-1-4-8-12)11-15(17)13-9-5-2-6-10-13;/h5-11H,1,4H2,2-3H3;1-11,16H;/q-1;;/b;14-11-;. The number of aliphatic hydroxyl groups is 1. The van der Waals surface area contributed by atoms with Gasteiger partial charge in [0.15, 0.2) is 5.78 Å². The van der Waals surface area contributed by atoms with Gasteiger partial charge in [0.25, 0.3) is 0 Å². The summed E-state index contributed by atoms with van der Waals surface area (Å²) in [7, 11) is 4.10. The molecule has 4 aromatic carbocycles. The summed E-state index contributed by atoms with van der Waals surface area (Å²) in [6.45, 7) is 8.29. The summed E-state index contributed by atoms with van der Waals surface area (Å²) < 4.78 is 16.5. The van der Waals surface area contributed by atoms with Gasteiger partial charge in [-0.25, -0.2) is 4.39 Å². The molecule has 5 heteroatoms. The summed E-state index contributed by atoms with van der Waals surface area (Å²) in [5.74, 6) is -0.398. The van der Waals surface area contributed by atoms with Crippen LogP contribution in [0.15, 0.2) is 109 Å². The topological polar surface area (TPSA) is 41.2 Å². The van der Waals surface area contributed by atoms with E-state index < -0.39 is 5.41 Å². The minimum atomic E-state index is -0.409. The number of nitrogens with zero attached hydrogens (tertiary/aromatic N) is 1. The number of benzene rings is 4. The third-order valence-electron chi connectivity index (χ3n) is 7.23. The van der Waals surface area contributed by atoms with Crippen molar-refractivity contribution in [1.82, 2.24) is 0 Å². The Labute approximate surface area is 248 Å². The quantitative estimate of drug-likeness (QED) is 0.0683. The van der Waals surface area contributed by atoms with Crippen LogP contribution in [-0.4, -0.2) is 10.9 Å². The molecule has 0 unspecified atom stereocenters. The summed E-state index contributed by atoms with van der Waals surface area (Å²) in [4.78, 5) is 11.8. The molecular weight excluding hydrogens is 678 g/mol. The van der Waals surface area contributed by atoms with Crippen molar-refractivity contribution in [2.75, 3.05) is 0 Å². The van der Waals surface area contributed by atoms with Gasteiger partial charge in [-0.15, -0.1) is 5.56 Å². The molecule has 6 rings (SSSR count). The summed E-state index contributed by atoms with van der Waals surface area (Å²) in [6.07, 6.45) is 3.17. The molecule has 1 aliphatic rings. The number of hydrogen-bond donors (Lipinski definition) is 1. The van der Waals surface area contributed by atoms with E-state index in [2.05, 4.69) is 46.0 Å². The van der Waals surface area contributed by atoms with Gasteiger partial charge in [0, 0.05) is 49.8 Å². The van der Waals surface area contributed by atoms with Crippen LogP contribution in [0.2, 0.25) is 0 Å². The molecule has 0 saturated heterocycles. The van der Waals surface area contributed by atoms with E-state index in [1.807, 2.05) is 41.1 Å². The normalized spacial score (nSPS) is 12.9. The van der Waals surface area contributed by atoms with Gasteiger partial charge < -0.3 is 9.67 Å². The SMILES string of the molecule is O=C(/C=C(\O)c1ccccc1)c1ccccc1.[CH2-]c1ccc(F)c2c1-c1c3c(cccc3cc[n+]1[CH2-])C2(C)C.[Ir]. The van der Waals surface area contributed by atoms with Gasteiger partial charge in [0.05, 0.1) is 11.9 Å². The third-order valence-corrected chi connectivity index (χ3v) is 7.23. The minimum Gasteiger partial charge on any atom is -0.507 e. The van der Waals surface area contributed by atoms with Crippen molar-refractivity contribution in [1.29, 1.82) is 0 Å². The number of hydrogen-bond acceptors (Lipinski definition) is 2. The average molecular weight is 707 g/mol. The molecule has 40 heavy (non-hydrogen) atoms.